The number of halogens is 3. The maximum atomic E-state index is 13.0. The molecule has 40 heavy (non-hydrogen) atoms. The fourth-order valence-electron chi connectivity index (χ4n) is 4.51. The molecule has 1 aliphatic heterocycles. The van der Waals surface area contributed by atoms with Crippen LogP contribution in [0.3, 0.4) is 0 Å². The molecule has 0 radical (unpaired) electrons. The smallest absolute Gasteiger partial charge is 0.336 e. The van der Waals surface area contributed by atoms with Crippen molar-refractivity contribution in [2.75, 3.05) is 42.3 Å². The van der Waals surface area contributed by atoms with E-state index < -0.39 is 16.0 Å². The number of sulfonamides is 1. The third-order valence-corrected chi connectivity index (χ3v) is 7.79. The first-order valence-corrected chi connectivity index (χ1v) is 13.8. The summed E-state index contributed by atoms with van der Waals surface area (Å²) in [5, 5.41) is 19.1. The van der Waals surface area contributed by atoms with Gasteiger partial charge in [0.2, 0.25) is 0 Å². The molecule has 218 valence electrons. The summed E-state index contributed by atoms with van der Waals surface area (Å²) in [6.45, 7) is 7.82. The zero-order chi connectivity index (χ0) is 26.6. The highest BCUT2D eigenvalue weighted by Crippen LogP contribution is 2.28. The van der Waals surface area contributed by atoms with Crippen molar-refractivity contribution in [1.29, 1.82) is 5.26 Å². The van der Waals surface area contributed by atoms with E-state index in [1.165, 1.54) is 6.07 Å². The zero-order valence-electron chi connectivity index (χ0n) is 22.2. The van der Waals surface area contributed by atoms with Crippen LogP contribution in [0.25, 0.3) is 10.9 Å². The van der Waals surface area contributed by atoms with Gasteiger partial charge in [-0.05, 0) is 54.3 Å². The van der Waals surface area contributed by atoms with Gasteiger partial charge in [-0.1, -0.05) is 26.0 Å². The number of carboxylic acids is 1. The van der Waals surface area contributed by atoms with Gasteiger partial charge in [0.1, 0.15) is 5.82 Å². The average Bonchev–Trinajstić information content (AvgIpc) is 2.87. The zero-order valence-corrected chi connectivity index (χ0v) is 25.5. The maximum absolute atomic E-state index is 13.0. The van der Waals surface area contributed by atoms with Gasteiger partial charge in [0, 0.05) is 50.2 Å². The fourth-order valence-corrected chi connectivity index (χ4v) is 5.56. The molecule has 1 aromatic heterocycles. The minimum absolute atomic E-state index is 0. The number of carboxylic acid groups (broad SMARTS) is 1. The molecule has 0 aliphatic carbocycles. The largest absolute Gasteiger partial charge is 0.478 e. The first-order chi connectivity index (χ1) is 17.7. The highest BCUT2D eigenvalue weighted by molar-refractivity contribution is 7.92. The number of hydrogen-bond acceptors (Lipinski definition) is 7. The molecule has 4 rings (SSSR count). The Bertz CT molecular complexity index is 1440. The Morgan fingerprint density at radius 2 is 1.70 bits per heavy atom. The van der Waals surface area contributed by atoms with Gasteiger partial charge in [-0.25, -0.2) is 18.2 Å². The lowest BCUT2D eigenvalue weighted by molar-refractivity contribution is 0.0699. The van der Waals surface area contributed by atoms with E-state index in [2.05, 4.69) is 34.5 Å². The van der Waals surface area contributed by atoms with Crippen LogP contribution in [0, 0.1) is 17.2 Å². The lowest BCUT2D eigenvalue weighted by Gasteiger charge is -2.35. The van der Waals surface area contributed by atoms with E-state index in [1.807, 2.05) is 17.0 Å². The van der Waals surface area contributed by atoms with E-state index >= 15 is 0 Å². The summed E-state index contributed by atoms with van der Waals surface area (Å²) >= 11 is 0. The maximum Gasteiger partial charge on any atom is 0.336 e. The van der Waals surface area contributed by atoms with Crippen LogP contribution >= 0.6 is 37.2 Å². The number of pyridine rings is 1. The van der Waals surface area contributed by atoms with E-state index in [0.717, 1.165) is 31.6 Å². The van der Waals surface area contributed by atoms with Crippen LogP contribution in [-0.2, 0) is 16.4 Å². The Labute approximate surface area is 253 Å². The molecule has 0 bridgehead atoms. The topological polar surface area (TPSA) is 127 Å². The Morgan fingerprint density at radius 3 is 2.27 bits per heavy atom. The van der Waals surface area contributed by atoms with Gasteiger partial charge in [-0.2, -0.15) is 5.26 Å². The van der Waals surface area contributed by atoms with Crippen molar-refractivity contribution < 1.29 is 18.3 Å². The number of nitrogens with zero attached hydrogens (tertiary/aromatic N) is 4. The second-order valence-electron chi connectivity index (χ2n) is 9.65. The van der Waals surface area contributed by atoms with E-state index in [9.17, 15) is 18.3 Å². The average molecular weight is 631 g/mol. The summed E-state index contributed by atoms with van der Waals surface area (Å²) in [6.07, 6.45) is 1.34. The number of rotatable bonds is 9. The first kappa shape index (κ1) is 35.2. The van der Waals surface area contributed by atoms with Crippen molar-refractivity contribution in [3.63, 3.8) is 0 Å². The lowest BCUT2D eigenvalue weighted by atomic mass is 10.0. The second kappa shape index (κ2) is 15.3. The number of piperazine rings is 1. The minimum Gasteiger partial charge on any atom is -0.478 e. The van der Waals surface area contributed by atoms with Gasteiger partial charge in [-0.15, -0.1) is 37.2 Å². The van der Waals surface area contributed by atoms with E-state index in [-0.39, 0.29) is 53.4 Å². The highest BCUT2D eigenvalue weighted by Gasteiger charge is 2.21. The Balaban J connectivity index is 0.00000267. The minimum atomic E-state index is -3.85. The predicted octanol–water partition coefficient (Wildman–Crippen LogP) is 5.23. The van der Waals surface area contributed by atoms with Crippen LogP contribution in [0.15, 0.2) is 53.4 Å². The fraction of sp³-hybridized carbons (Fsp3) is 0.370. The van der Waals surface area contributed by atoms with E-state index in [1.54, 1.807) is 30.3 Å². The summed E-state index contributed by atoms with van der Waals surface area (Å²) in [5.41, 5.74) is 1.87. The molecule has 3 aromatic rings. The molecule has 2 aromatic carbocycles. The van der Waals surface area contributed by atoms with Crippen LogP contribution in [0.1, 0.15) is 36.2 Å². The Kier molecular flexibility index (Phi) is 13.4. The number of hydrogen-bond donors (Lipinski definition) is 2. The van der Waals surface area contributed by atoms with Gasteiger partial charge in [0.05, 0.1) is 22.0 Å². The third-order valence-electron chi connectivity index (χ3n) is 6.39. The summed E-state index contributed by atoms with van der Waals surface area (Å²) in [7, 11) is -3.85. The molecule has 0 saturated carbocycles. The molecule has 0 spiro atoms. The predicted molar refractivity (Wildman–Crippen MR) is 165 cm³/mol. The molecule has 2 N–H and O–H groups in total. The number of nitrogens with one attached hydrogen (secondary N) is 1. The number of nitriles is 1. The van der Waals surface area contributed by atoms with Gasteiger partial charge < -0.3 is 10.0 Å². The summed E-state index contributed by atoms with van der Waals surface area (Å²) < 4.78 is 28.5. The highest BCUT2D eigenvalue weighted by atomic mass is 35.5. The molecular weight excluding hydrogens is 597 g/mol. The number of benzene rings is 2. The molecule has 13 heteroatoms. The summed E-state index contributed by atoms with van der Waals surface area (Å²) in [6, 6.07) is 15.2. The normalized spacial score (nSPS) is 13.5. The van der Waals surface area contributed by atoms with Crippen LogP contribution in [0.2, 0.25) is 0 Å². The molecule has 1 aliphatic rings. The van der Waals surface area contributed by atoms with Gasteiger partial charge in [-0.3, -0.25) is 9.62 Å². The Morgan fingerprint density at radius 1 is 1.05 bits per heavy atom. The number of aromatic carboxylic acids is 1. The van der Waals surface area contributed by atoms with Crippen LogP contribution in [-0.4, -0.2) is 62.1 Å². The number of carbonyl (C=O) groups is 1. The van der Waals surface area contributed by atoms with Crippen LogP contribution in [0.5, 0.6) is 0 Å². The number of fused-ring (bicyclic) bond motifs is 1. The molecule has 0 atom stereocenters. The first-order valence-electron chi connectivity index (χ1n) is 12.3. The van der Waals surface area contributed by atoms with Crippen molar-refractivity contribution in [3.05, 3.63) is 59.7 Å². The third kappa shape index (κ3) is 8.59. The molecular formula is C27H34Cl3N5O4S. The van der Waals surface area contributed by atoms with E-state index in [0.29, 0.717) is 42.1 Å². The van der Waals surface area contributed by atoms with Crippen LogP contribution in [0.4, 0.5) is 11.5 Å². The van der Waals surface area contributed by atoms with E-state index in [4.69, 9.17) is 5.26 Å². The van der Waals surface area contributed by atoms with Gasteiger partial charge >= 0.3 is 5.97 Å². The molecule has 0 unspecified atom stereocenters. The summed E-state index contributed by atoms with van der Waals surface area (Å²) in [5.74, 6) is -0.0727. The van der Waals surface area contributed by atoms with Crippen molar-refractivity contribution in [2.24, 2.45) is 5.92 Å². The SMILES string of the molecule is CC(C)Cc1ccc(S(=O)(=O)Nc2ccc3nc(N4CCN(CCC#N)CC4)cc(C(=O)O)c3c2)cc1.Cl.Cl.Cl. The van der Waals surface area contributed by atoms with Crippen molar-refractivity contribution in [3.8, 4) is 6.07 Å². The molecule has 2 heterocycles. The second-order valence-corrected chi connectivity index (χ2v) is 11.3. The monoisotopic (exact) mass is 629 g/mol. The van der Waals surface area contributed by atoms with Crippen molar-refractivity contribution in [1.82, 2.24) is 9.88 Å². The molecule has 1 fully saturated rings. The van der Waals surface area contributed by atoms with Crippen molar-refractivity contribution in [2.45, 2.75) is 31.6 Å². The quantitative estimate of drug-likeness (QED) is 0.329. The molecule has 9 nitrogen and oxygen atoms in total. The van der Waals surface area contributed by atoms with Gasteiger partial charge in [0.15, 0.2) is 0 Å². The molecule has 1 saturated heterocycles. The van der Waals surface area contributed by atoms with Crippen molar-refractivity contribution >= 4 is 75.6 Å². The summed E-state index contributed by atoms with van der Waals surface area (Å²) in [4.78, 5) is 21.2. The Hall–Kier alpha value is -2.81. The molecule has 0 amide bonds. The number of aromatic nitrogens is 1. The van der Waals surface area contributed by atoms with Crippen LogP contribution < -0.4 is 9.62 Å². The standard InChI is InChI=1S/C27H31N5O4S.3ClH/c1-19(2)16-20-4-7-22(8-5-20)37(35,36)30-21-6-9-25-23(17-21)24(27(33)34)18-26(29-25)32-14-12-31(13-15-32)11-3-10-28;;;/h4-9,17-19,30H,3,11-16H2,1-2H3,(H,33,34);3*1H. The lowest BCUT2D eigenvalue weighted by Crippen LogP contribution is -2.46. The van der Waals surface area contributed by atoms with Gasteiger partial charge in [0.25, 0.3) is 10.0 Å². The number of anilines is 2.